The number of hydrogen-bond donors (Lipinski definition) is 2. The van der Waals surface area contributed by atoms with Gasteiger partial charge in [0.2, 0.25) is 15.9 Å². The van der Waals surface area contributed by atoms with Crippen molar-refractivity contribution < 1.29 is 27.1 Å². The smallest absolute Gasteiger partial charge is 0.265 e. The Balaban J connectivity index is 1.79. The Kier molecular flexibility index (Phi) is 5.82. The summed E-state index contributed by atoms with van der Waals surface area (Å²) in [7, 11) is -2.76. The van der Waals surface area contributed by atoms with Gasteiger partial charge in [-0.25, -0.2) is 12.8 Å². The second-order valence-electron chi connectivity index (χ2n) is 7.14. The molecule has 0 aromatic heterocycles. The summed E-state index contributed by atoms with van der Waals surface area (Å²) in [4.78, 5) is 24.0. The van der Waals surface area contributed by atoms with E-state index in [1.165, 1.54) is 37.4 Å². The number of likely N-dealkylation sites (N-methyl/N-ethyl adjacent to an activating group) is 1. The van der Waals surface area contributed by atoms with Gasteiger partial charge in [-0.3, -0.25) is 9.59 Å². The number of sulfonamides is 1. The van der Waals surface area contributed by atoms with Crippen molar-refractivity contribution in [1.29, 1.82) is 0 Å². The van der Waals surface area contributed by atoms with Crippen molar-refractivity contribution >= 4 is 33.2 Å². The van der Waals surface area contributed by atoms with E-state index in [1.54, 1.807) is 20.8 Å². The van der Waals surface area contributed by atoms with Crippen LogP contribution in [0.5, 0.6) is 5.75 Å². The molecular formula is C20H22FN3O5S. The van der Waals surface area contributed by atoms with Gasteiger partial charge in [0.1, 0.15) is 11.6 Å². The van der Waals surface area contributed by atoms with Crippen LogP contribution in [0.25, 0.3) is 0 Å². The van der Waals surface area contributed by atoms with Crippen LogP contribution in [0, 0.1) is 19.7 Å². The van der Waals surface area contributed by atoms with Crippen LogP contribution in [0.1, 0.15) is 18.1 Å². The summed E-state index contributed by atoms with van der Waals surface area (Å²) in [5, 5.41) is 5.14. The summed E-state index contributed by atoms with van der Waals surface area (Å²) in [6.07, 6.45) is -0.755. The maximum absolute atomic E-state index is 13.6. The third kappa shape index (κ3) is 4.29. The average molecular weight is 435 g/mol. The molecule has 1 heterocycles. The van der Waals surface area contributed by atoms with E-state index < -0.39 is 34.4 Å². The van der Waals surface area contributed by atoms with Crippen molar-refractivity contribution in [3.05, 3.63) is 47.3 Å². The number of aryl methyl sites for hydroxylation is 2. The number of rotatable bonds is 5. The first-order valence-corrected chi connectivity index (χ1v) is 10.6. The lowest BCUT2D eigenvalue weighted by Gasteiger charge is -2.25. The maximum atomic E-state index is 13.6. The molecule has 1 aliphatic heterocycles. The minimum Gasteiger partial charge on any atom is -0.479 e. The molecule has 0 unspecified atom stereocenters. The summed E-state index contributed by atoms with van der Waals surface area (Å²) in [5.41, 5.74) is 1.44. The zero-order chi connectivity index (χ0) is 22.2. The van der Waals surface area contributed by atoms with E-state index in [-0.39, 0.29) is 22.2 Å². The SMILES string of the molecule is Cc1ccc(NC(=O)CN(C)S(=O)(=O)c2cc3c(cc2C)NC(=O)[C@@H](C)O3)cc1F. The van der Waals surface area contributed by atoms with Crippen LogP contribution in [0.3, 0.4) is 0 Å². The molecule has 10 heteroatoms. The summed E-state index contributed by atoms with van der Waals surface area (Å²) < 4.78 is 46.1. The van der Waals surface area contributed by atoms with Crippen LogP contribution < -0.4 is 15.4 Å². The first-order valence-electron chi connectivity index (χ1n) is 9.13. The number of benzene rings is 2. The van der Waals surface area contributed by atoms with Gasteiger partial charge in [0.15, 0.2) is 6.10 Å². The molecule has 2 aromatic carbocycles. The summed E-state index contributed by atoms with van der Waals surface area (Å²) in [5.74, 6) is -1.17. The lowest BCUT2D eigenvalue weighted by molar-refractivity contribution is -0.122. The predicted molar refractivity (Wildman–Crippen MR) is 109 cm³/mol. The fraction of sp³-hybridized carbons (Fsp3) is 0.300. The molecule has 1 aliphatic rings. The Hall–Kier alpha value is -2.98. The highest BCUT2D eigenvalue weighted by molar-refractivity contribution is 7.89. The van der Waals surface area contributed by atoms with Gasteiger partial charge in [0.05, 0.1) is 17.1 Å². The van der Waals surface area contributed by atoms with Gasteiger partial charge >= 0.3 is 0 Å². The lowest BCUT2D eigenvalue weighted by Crippen LogP contribution is -2.36. The highest BCUT2D eigenvalue weighted by atomic mass is 32.2. The van der Waals surface area contributed by atoms with Gasteiger partial charge in [-0.2, -0.15) is 4.31 Å². The number of nitrogens with one attached hydrogen (secondary N) is 2. The molecule has 0 saturated carbocycles. The van der Waals surface area contributed by atoms with Crippen molar-refractivity contribution in [2.75, 3.05) is 24.2 Å². The molecule has 2 aromatic rings. The van der Waals surface area contributed by atoms with Crippen LogP contribution in [0.15, 0.2) is 35.2 Å². The molecule has 0 bridgehead atoms. The van der Waals surface area contributed by atoms with Gasteiger partial charge in [0.25, 0.3) is 5.91 Å². The fourth-order valence-corrected chi connectivity index (χ4v) is 4.29. The van der Waals surface area contributed by atoms with E-state index in [1.807, 2.05) is 0 Å². The molecular weight excluding hydrogens is 413 g/mol. The molecule has 0 aliphatic carbocycles. The number of amides is 2. The molecule has 0 saturated heterocycles. The largest absolute Gasteiger partial charge is 0.479 e. The van der Waals surface area contributed by atoms with Crippen LogP contribution in [-0.4, -0.2) is 44.2 Å². The second kappa shape index (κ2) is 8.04. The number of hydrogen-bond acceptors (Lipinski definition) is 5. The Morgan fingerprint density at radius 1 is 1.23 bits per heavy atom. The van der Waals surface area contributed by atoms with Gasteiger partial charge in [-0.15, -0.1) is 0 Å². The molecule has 8 nitrogen and oxygen atoms in total. The molecule has 30 heavy (non-hydrogen) atoms. The Morgan fingerprint density at radius 3 is 2.60 bits per heavy atom. The topological polar surface area (TPSA) is 105 Å². The van der Waals surface area contributed by atoms with Gasteiger partial charge in [-0.1, -0.05) is 6.07 Å². The van der Waals surface area contributed by atoms with Crippen molar-refractivity contribution in [2.24, 2.45) is 0 Å². The third-order valence-electron chi connectivity index (χ3n) is 4.72. The van der Waals surface area contributed by atoms with Crippen molar-refractivity contribution in [3.8, 4) is 5.75 Å². The first-order chi connectivity index (χ1) is 14.0. The average Bonchev–Trinajstić information content (AvgIpc) is 2.65. The van der Waals surface area contributed by atoms with Crippen molar-refractivity contribution in [1.82, 2.24) is 4.31 Å². The Morgan fingerprint density at radius 2 is 1.93 bits per heavy atom. The van der Waals surface area contributed by atoms with E-state index in [0.717, 1.165) is 4.31 Å². The van der Waals surface area contributed by atoms with Gasteiger partial charge in [0, 0.05) is 18.8 Å². The van der Waals surface area contributed by atoms with Crippen LogP contribution >= 0.6 is 0 Å². The number of carbonyl (C=O) groups is 2. The molecule has 2 amide bonds. The second-order valence-corrected chi connectivity index (χ2v) is 9.15. The lowest BCUT2D eigenvalue weighted by atomic mass is 10.1. The van der Waals surface area contributed by atoms with Crippen LogP contribution in [0.4, 0.5) is 15.8 Å². The zero-order valence-corrected chi connectivity index (χ0v) is 17.8. The summed E-state index contributed by atoms with van der Waals surface area (Å²) in [6.45, 7) is 4.26. The van der Waals surface area contributed by atoms with E-state index in [4.69, 9.17) is 4.74 Å². The molecule has 0 radical (unpaired) electrons. The summed E-state index contributed by atoms with van der Waals surface area (Å²) in [6, 6.07) is 7.06. The molecule has 3 rings (SSSR count). The van der Waals surface area contributed by atoms with E-state index in [0.29, 0.717) is 16.8 Å². The third-order valence-corrected chi connectivity index (χ3v) is 6.66. The molecule has 1 atom stereocenters. The van der Waals surface area contributed by atoms with E-state index >= 15 is 0 Å². The molecule has 0 fully saturated rings. The van der Waals surface area contributed by atoms with Crippen LogP contribution in [0.2, 0.25) is 0 Å². The number of fused-ring (bicyclic) bond motifs is 1. The van der Waals surface area contributed by atoms with Crippen molar-refractivity contribution in [3.63, 3.8) is 0 Å². The normalized spacial score (nSPS) is 15.9. The predicted octanol–water partition coefficient (Wildman–Crippen LogP) is 2.42. The maximum Gasteiger partial charge on any atom is 0.265 e. The first kappa shape index (κ1) is 21.7. The van der Waals surface area contributed by atoms with Gasteiger partial charge < -0.3 is 15.4 Å². The molecule has 0 spiro atoms. The number of anilines is 2. The molecule has 2 N–H and O–H groups in total. The van der Waals surface area contributed by atoms with E-state index in [9.17, 15) is 22.4 Å². The Labute approximate surface area is 174 Å². The minimum absolute atomic E-state index is 0.0405. The quantitative estimate of drug-likeness (QED) is 0.751. The summed E-state index contributed by atoms with van der Waals surface area (Å²) >= 11 is 0. The Bertz CT molecular complexity index is 1130. The van der Waals surface area contributed by atoms with Gasteiger partial charge in [-0.05, 0) is 50.1 Å². The number of nitrogens with zero attached hydrogens (tertiary/aromatic N) is 1. The van der Waals surface area contributed by atoms with Crippen LogP contribution in [-0.2, 0) is 19.6 Å². The molecule has 160 valence electrons. The zero-order valence-electron chi connectivity index (χ0n) is 16.9. The number of ether oxygens (including phenoxy) is 1. The monoisotopic (exact) mass is 435 g/mol. The number of carbonyl (C=O) groups excluding carboxylic acids is 2. The van der Waals surface area contributed by atoms with E-state index in [2.05, 4.69) is 10.6 Å². The fourth-order valence-electron chi connectivity index (χ4n) is 2.95. The highest BCUT2D eigenvalue weighted by Gasteiger charge is 2.30. The number of halogens is 1. The van der Waals surface area contributed by atoms with Crippen molar-refractivity contribution in [2.45, 2.75) is 31.8 Å². The highest BCUT2D eigenvalue weighted by Crippen LogP contribution is 2.35. The minimum atomic E-state index is -4.03. The standard InChI is InChI=1S/C20H22FN3O5S/c1-11-5-6-14(8-15(11)21)22-19(25)10-24(4)30(27,28)18-9-17-16(7-12(18)2)23-20(26)13(3)29-17/h5-9,13H,10H2,1-4H3,(H,22,25)(H,23,26)/t13-/m1/s1.